The number of rotatable bonds is 4. The fourth-order valence-electron chi connectivity index (χ4n) is 3.56. The number of carbonyl (C=O) groups excluding carboxylic acids is 1. The maximum atomic E-state index is 12.6. The molecule has 1 aliphatic carbocycles. The Hall–Kier alpha value is -1.39. The van der Waals surface area contributed by atoms with Gasteiger partial charge in [0.05, 0.1) is 12.1 Å². The van der Waals surface area contributed by atoms with E-state index in [-0.39, 0.29) is 23.8 Å². The summed E-state index contributed by atoms with van der Waals surface area (Å²) in [5, 5.41) is 16.2. The van der Waals surface area contributed by atoms with Crippen molar-refractivity contribution >= 4 is 5.91 Å². The largest absolute Gasteiger partial charge is 0.394 e. The average Bonchev–Trinajstić information content (AvgIpc) is 3.22. The SMILES string of the molecule is CC(CO)(NC(=O)C1CC12CCNCC2)c1ccccc1. The van der Waals surface area contributed by atoms with Gasteiger partial charge in [0, 0.05) is 5.92 Å². The molecular weight excluding hydrogens is 264 g/mol. The maximum Gasteiger partial charge on any atom is 0.224 e. The van der Waals surface area contributed by atoms with Gasteiger partial charge in [-0.05, 0) is 50.3 Å². The van der Waals surface area contributed by atoms with E-state index in [0.717, 1.165) is 37.9 Å². The van der Waals surface area contributed by atoms with E-state index in [0.29, 0.717) is 0 Å². The van der Waals surface area contributed by atoms with E-state index in [1.807, 2.05) is 37.3 Å². The molecule has 1 aromatic rings. The molecule has 1 amide bonds. The maximum absolute atomic E-state index is 12.6. The number of piperidine rings is 1. The van der Waals surface area contributed by atoms with Crippen molar-refractivity contribution in [2.75, 3.05) is 19.7 Å². The molecule has 1 aliphatic heterocycles. The van der Waals surface area contributed by atoms with Gasteiger partial charge in [-0.3, -0.25) is 4.79 Å². The predicted molar refractivity (Wildman–Crippen MR) is 81.7 cm³/mol. The van der Waals surface area contributed by atoms with Gasteiger partial charge in [-0.2, -0.15) is 0 Å². The van der Waals surface area contributed by atoms with Crippen molar-refractivity contribution in [1.82, 2.24) is 10.6 Å². The van der Waals surface area contributed by atoms with Gasteiger partial charge in [0.2, 0.25) is 5.91 Å². The highest BCUT2D eigenvalue weighted by molar-refractivity contribution is 5.83. The Kier molecular flexibility index (Phi) is 3.76. The predicted octanol–water partition coefficient (Wildman–Crippen LogP) is 1.40. The van der Waals surface area contributed by atoms with Gasteiger partial charge in [-0.15, -0.1) is 0 Å². The lowest BCUT2D eigenvalue weighted by atomic mass is 9.90. The molecule has 0 aromatic heterocycles. The molecule has 1 aromatic carbocycles. The Morgan fingerprint density at radius 3 is 2.67 bits per heavy atom. The van der Waals surface area contributed by atoms with Crippen LogP contribution in [0.5, 0.6) is 0 Å². The van der Waals surface area contributed by atoms with Crippen molar-refractivity contribution in [1.29, 1.82) is 0 Å². The van der Waals surface area contributed by atoms with Crippen LogP contribution in [-0.4, -0.2) is 30.7 Å². The Balaban J connectivity index is 1.69. The summed E-state index contributed by atoms with van der Waals surface area (Å²) in [6.45, 7) is 3.82. The van der Waals surface area contributed by atoms with E-state index < -0.39 is 5.54 Å². The van der Waals surface area contributed by atoms with Crippen LogP contribution in [0.2, 0.25) is 0 Å². The van der Waals surface area contributed by atoms with Crippen LogP contribution in [0, 0.1) is 11.3 Å². The third-order valence-electron chi connectivity index (χ3n) is 5.23. The monoisotopic (exact) mass is 288 g/mol. The van der Waals surface area contributed by atoms with Crippen molar-refractivity contribution in [2.45, 2.75) is 31.7 Å². The minimum Gasteiger partial charge on any atom is -0.394 e. The summed E-state index contributed by atoms with van der Waals surface area (Å²) in [5.74, 6) is 0.214. The number of nitrogens with one attached hydrogen (secondary N) is 2. The summed E-state index contributed by atoms with van der Waals surface area (Å²) >= 11 is 0. The van der Waals surface area contributed by atoms with Crippen LogP contribution < -0.4 is 10.6 Å². The third kappa shape index (κ3) is 2.70. The average molecular weight is 288 g/mol. The number of benzene rings is 1. The first kappa shape index (κ1) is 14.5. The molecule has 0 bridgehead atoms. The zero-order chi connectivity index (χ0) is 14.9. The van der Waals surface area contributed by atoms with Crippen molar-refractivity contribution in [3.63, 3.8) is 0 Å². The van der Waals surface area contributed by atoms with E-state index in [1.54, 1.807) is 0 Å². The van der Waals surface area contributed by atoms with Gasteiger partial charge in [0.1, 0.15) is 0 Å². The van der Waals surface area contributed by atoms with E-state index in [1.165, 1.54) is 0 Å². The van der Waals surface area contributed by atoms with Crippen molar-refractivity contribution in [3.05, 3.63) is 35.9 Å². The first-order valence-corrected chi connectivity index (χ1v) is 7.79. The number of hydrogen-bond donors (Lipinski definition) is 3. The molecule has 4 nitrogen and oxygen atoms in total. The number of hydrogen-bond acceptors (Lipinski definition) is 3. The molecule has 4 heteroatoms. The first-order chi connectivity index (χ1) is 10.1. The molecule has 1 spiro atoms. The second-order valence-corrected chi connectivity index (χ2v) is 6.71. The summed E-state index contributed by atoms with van der Waals surface area (Å²) in [5.41, 5.74) is 0.470. The minimum absolute atomic E-state index is 0.0932. The summed E-state index contributed by atoms with van der Waals surface area (Å²) < 4.78 is 0. The molecule has 1 saturated heterocycles. The van der Waals surface area contributed by atoms with E-state index in [2.05, 4.69) is 10.6 Å². The lowest BCUT2D eigenvalue weighted by Crippen LogP contribution is -2.47. The second kappa shape index (κ2) is 5.43. The fourth-order valence-corrected chi connectivity index (χ4v) is 3.56. The highest BCUT2D eigenvalue weighted by atomic mass is 16.3. The normalized spacial score (nSPS) is 26.1. The molecule has 2 aliphatic rings. The number of amides is 1. The quantitative estimate of drug-likeness (QED) is 0.785. The topological polar surface area (TPSA) is 61.4 Å². The Bertz CT molecular complexity index is 511. The van der Waals surface area contributed by atoms with Crippen LogP contribution in [0.15, 0.2) is 30.3 Å². The van der Waals surface area contributed by atoms with Crippen molar-refractivity contribution in [2.24, 2.45) is 11.3 Å². The molecule has 3 N–H and O–H groups in total. The Morgan fingerprint density at radius 1 is 1.38 bits per heavy atom. The minimum atomic E-state index is -0.699. The summed E-state index contributed by atoms with van der Waals surface area (Å²) in [4.78, 5) is 12.6. The van der Waals surface area contributed by atoms with Crippen LogP contribution in [-0.2, 0) is 10.3 Å². The molecule has 114 valence electrons. The summed E-state index contributed by atoms with van der Waals surface area (Å²) in [6.07, 6.45) is 3.18. The Labute approximate surface area is 125 Å². The second-order valence-electron chi connectivity index (χ2n) is 6.71. The first-order valence-electron chi connectivity index (χ1n) is 7.79. The van der Waals surface area contributed by atoms with Crippen LogP contribution in [0.25, 0.3) is 0 Å². The van der Waals surface area contributed by atoms with E-state index in [4.69, 9.17) is 0 Å². The summed E-state index contributed by atoms with van der Waals surface area (Å²) in [7, 11) is 0. The standard InChI is InChI=1S/C17H24N2O2/c1-16(12-20,13-5-3-2-4-6-13)19-15(21)14-11-17(14)7-9-18-10-8-17/h2-6,14,18,20H,7-12H2,1H3,(H,19,21). The molecule has 3 rings (SSSR count). The van der Waals surface area contributed by atoms with E-state index >= 15 is 0 Å². The smallest absolute Gasteiger partial charge is 0.224 e. The zero-order valence-electron chi connectivity index (χ0n) is 12.6. The lowest BCUT2D eigenvalue weighted by molar-refractivity contribution is -0.125. The van der Waals surface area contributed by atoms with Crippen LogP contribution >= 0.6 is 0 Å². The molecular formula is C17H24N2O2. The number of aliphatic hydroxyl groups excluding tert-OH is 1. The molecule has 1 saturated carbocycles. The van der Waals surface area contributed by atoms with Crippen LogP contribution in [0.1, 0.15) is 31.7 Å². The molecule has 0 radical (unpaired) electrons. The van der Waals surface area contributed by atoms with Gasteiger partial charge >= 0.3 is 0 Å². The summed E-state index contributed by atoms with van der Waals surface area (Å²) in [6, 6.07) is 9.70. The zero-order valence-corrected chi connectivity index (χ0v) is 12.6. The van der Waals surface area contributed by atoms with Gasteiger partial charge in [-0.25, -0.2) is 0 Å². The van der Waals surface area contributed by atoms with Crippen molar-refractivity contribution < 1.29 is 9.90 Å². The molecule has 21 heavy (non-hydrogen) atoms. The molecule has 2 atom stereocenters. The molecule has 2 unspecified atom stereocenters. The van der Waals surface area contributed by atoms with Crippen molar-refractivity contribution in [3.8, 4) is 0 Å². The van der Waals surface area contributed by atoms with Gasteiger partial charge < -0.3 is 15.7 Å². The van der Waals surface area contributed by atoms with Gasteiger partial charge in [0.25, 0.3) is 0 Å². The highest BCUT2D eigenvalue weighted by Gasteiger charge is 2.58. The third-order valence-corrected chi connectivity index (χ3v) is 5.23. The van der Waals surface area contributed by atoms with Gasteiger partial charge in [0.15, 0.2) is 0 Å². The fraction of sp³-hybridized carbons (Fsp3) is 0.588. The number of aliphatic hydroxyl groups is 1. The molecule has 2 fully saturated rings. The van der Waals surface area contributed by atoms with E-state index in [9.17, 15) is 9.90 Å². The van der Waals surface area contributed by atoms with Crippen LogP contribution in [0.4, 0.5) is 0 Å². The van der Waals surface area contributed by atoms with Gasteiger partial charge in [-0.1, -0.05) is 30.3 Å². The lowest BCUT2D eigenvalue weighted by Gasteiger charge is -2.30. The number of carbonyl (C=O) groups is 1. The van der Waals surface area contributed by atoms with Crippen LogP contribution in [0.3, 0.4) is 0 Å². The Morgan fingerprint density at radius 2 is 2.05 bits per heavy atom. The highest BCUT2D eigenvalue weighted by Crippen LogP contribution is 2.58. The molecule has 1 heterocycles.